The smallest absolute Gasteiger partial charge is 0.416 e. The third-order valence-electron chi connectivity index (χ3n) is 6.37. The first-order valence-corrected chi connectivity index (χ1v) is 13.4. The number of amides is 1. The zero-order valence-electron chi connectivity index (χ0n) is 22.9. The van der Waals surface area contributed by atoms with Gasteiger partial charge in [-0.05, 0) is 67.9 Å². The van der Waals surface area contributed by atoms with Crippen molar-refractivity contribution >= 4 is 29.0 Å². The fourth-order valence-corrected chi connectivity index (χ4v) is 4.53. The third kappa shape index (κ3) is 6.60. The van der Waals surface area contributed by atoms with Crippen molar-refractivity contribution in [2.24, 2.45) is 0 Å². The summed E-state index contributed by atoms with van der Waals surface area (Å²) in [6.07, 6.45) is -3.19. The van der Waals surface area contributed by atoms with E-state index in [0.29, 0.717) is 52.7 Å². The number of alkyl halides is 3. The molecule has 5 rings (SSSR count). The molecule has 222 valence electrons. The topological polar surface area (TPSA) is 90.6 Å². The lowest BCUT2D eigenvalue weighted by atomic mass is 10.0. The van der Waals surface area contributed by atoms with Crippen LogP contribution in [0.3, 0.4) is 0 Å². The zero-order valence-corrected chi connectivity index (χ0v) is 23.6. The zero-order chi connectivity index (χ0) is 30.7. The summed E-state index contributed by atoms with van der Waals surface area (Å²) in [5.41, 5.74) is 1.46. The van der Waals surface area contributed by atoms with E-state index in [0.717, 1.165) is 18.2 Å². The Morgan fingerprint density at radius 3 is 2.60 bits per heavy atom. The Morgan fingerprint density at radius 1 is 1.05 bits per heavy atom. The summed E-state index contributed by atoms with van der Waals surface area (Å²) in [5.74, 6) is -0.780. The number of halogens is 5. The fourth-order valence-electron chi connectivity index (χ4n) is 4.35. The molecule has 13 heteroatoms. The van der Waals surface area contributed by atoms with Crippen molar-refractivity contribution < 1.29 is 31.8 Å². The molecule has 3 heterocycles. The molecule has 0 aliphatic rings. The third-order valence-corrected chi connectivity index (χ3v) is 6.55. The average Bonchev–Trinajstić information content (AvgIpc) is 3.36. The van der Waals surface area contributed by atoms with Crippen LogP contribution in [0.25, 0.3) is 28.2 Å². The number of ether oxygens (including phenoxy) is 2. The van der Waals surface area contributed by atoms with Gasteiger partial charge in [0.2, 0.25) is 0 Å². The highest BCUT2D eigenvalue weighted by Crippen LogP contribution is 2.37. The molecule has 0 saturated heterocycles. The summed E-state index contributed by atoms with van der Waals surface area (Å²) in [5, 5.41) is 7.08. The first-order chi connectivity index (χ1) is 20.5. The lowest BCUT2D eigenvalue weighted by Crippen LogP contribution is -2.14. The SMILES string of the molecule is CCOCCOc1cc(Cl)nn2c(-c3ccnc(NC(=O)c4cccc(C(F)(F)F)c4)c3)c(-c3ccc(F)c(C)c3)nc12. The number of carbonyl (C=O) groups is 1. The van der Waals surface area contributed by atoms with Gasteiger partial charge in [-0.2, -0.15) is 18.3 Å². The molecule has 3 aromatic heterocycles. The van der Waals surface area contributed by atoms with Crippen molar-refractivity contribution in [3.8, 4) is 28.3 Å². The van der Waals surface area contributed by atoms with E-state index in [2.05, 4.69) is 15.4 Å². The Labute approximate surface area is 248 Å². The van der Waals surface area contributed by atoms with Crippen LogP contribution in [-0.4, -0.2) is 45.3 Å². The van der Waals surface area contributed by atoms with E-state index >= 15 is 0 Å². The van der Waals surface area contributed by atoms with Gasteiger partial charge in [-0.3, -0.25) is 4.79 Å². The first-order valence-electron chi connectivity index (χ1n) is 13.1. The van der Waals surface area contributed by atoms with E-state index in [1.54, 1.807) is 25.1 Å². The van der Waals surface area contributed by atoms with Gasteiger partial charge in [-0.1, -0.05) is 17.7 Å². The number of hydrogen-bond donors (Lipinski definition) is 1. The number of nitrogens with one attached hydrogen (secondary N) is 1. The Bertz CT molecular complexity index is 1810. The number of fused-ring (bicyclic) bond motifs is 1. The van der Waals surface area contributed by atoms with Gasteiger partial charge in [0.15, 0.2) is 16.5 Å². The van der Waals surface area contributed by atoms with Gasteiger partial charge in [-0.15, -0.1) is 0 Å². The summed E-state index contributed by atoms with van der Waals surface area (Å²) in [6, 6.07) is 13.3. The number of carbonyl (C=O) groups excluding carboxylic acids is 1. The molecule has 5 aromatic rings. The number of pyridine rings is 1. The predicted octanol–water partition coefficient (Wildman–Crippen LogP) is 7.25. The van der Waals surface area contributed by atoms with Crippen molar-refractivity contribution in [1.29, 1.82) is 0 Å². The molecule has 0 aliphatic heterocycles. The second-order valence-corrected chi connectivity index (χ2v) is 9.73. The molecule has 43 heavy (non-hydrogen) atoms. The molecule has 0 saturated carbocycles. The molecule has 0 atom stereocenters. The van der Waals surface area contributed by atoms with Crippen LogP contribution in [0.5, 0.6) is 5.75 Å². The van der Waals surface area contributed by atoms with Crippen LogP contribution in [-0.2, 0) is 10.9 Å². The molecule has 2 aromatic carbocycles. The van der Waals surface area contributed by atoms with Crippen LogP contribution in [0.4, 0.5) is 23.4 Å². The lowest BCUT2D eigenvalue weighted by Gasteiger charge is -2.11. The maximum Gasteiger partial charge on any atom is 0.416 e. The molecule has 1 N–H and O–H groups in total. The number of nitrogens with zero attached hydrogens (tertiary/aromatic N) is 4. The van der Waals surface area contributed by atoms with Crippen molar-refractivity contribution in [1.82, 2.24) is 19.6 Å². The number of rotatable bonds is 9. The molecule has 0 bridgehead atoms. The maximum absolute atomic E-state index is 14.2. The Hall–Kier alpha value is -4.55. The van der Waals surface area contributed by atoms with E-state index < -0.39 is 23.5 Å². The standard InChI is InChI=1S/C30H24ClF4N5O3/c1-3-42-11-12-43-23-16-24(31)39-40-27(26(38-28(23)40)18-7-8-22(32)17(2)13-18)19-9-10-36-25(15-19)37-29(41)20-5-4-6-21(14-20)30(33,34)35/h4-10,13-16H,3,11-12H2,1-2H3,(H,36,37,41). The Kier molecular flexibility index (Phi) is 8.60. The molecule has 0 unspecified atom stereocenters. The average molecular weight is 614 g/mol. The van der Waals surface area contributed by atoms with E-state index in [4.69, 9.17) is 26.1 Å². The van der Waals surface area contributed by atoms with E-state index in [1.165, 1.54) is 35.0 Å². The van der Waals surface area contributed by atoms with Crippen LogP contribution in [0.15, 0.2) is 66.9 Å². The van der Waals surface area contributed by atoms with Gasteiger partial charge in [0.25, 0.3) is 5.91 Å². The minimum atomic E-state index is -4.60. The highest BCUT2D eigenvalue weighted by Gasteiger charge is 2.31. The normalized spacial score (nSPS) is 11.6. The van der Waals surface area contributed by atoms with E-state index in [9.17, 15) is 22.4 Å². The van der Waals surface area contributed by atoms with Gasteiger partial charge < -0.3 is 14.8 Å². The molecule has 0 radical (unpaired) electrons. The number of hydrogen-bond acceptors (Lipinski definition) is 6. The molecule has 1 amide bonds. The quantitative estimate of drug-likeness (QED) is 0.139. The van der Waals surface area contributed by atoms with Crippen molar-refractivity contribution in [2.75, 3.05) is 25.1 Å². The van der Waals surface area contributed by atoms with Crippen LogP contribution < -0.4 is 10.1 Å². The van der Waals surface area contributed by atoms with Gasteiger partial charge in [-0.25, -0.2) is 18.9 Å². The number of anilines is 1. The van der Waals surface area contributed by atoms with E-state index in [1.807, 2.05) is 6.92 Å². The largest absolute Gasteiger partial charge is 0.487 e. The molecule has 0 fully saturated rings. The van der Waals surface area contributed by atoms with Crippen LogP contribution in [0.2, 0.25) is 5.15 Å². The van der Waals surface area contributed by atoms with Gasteiger partial charge in [0.1, 0.15) is 23.9 Å². The number of benzene rings is 2. The summed E-state index contributed by atoms with van der Waals surface area (Å²) >= 11 is 6.37. The molecular weight excluding hydrogens is 590 g/mol. The monoisotopic (exact) mass is 613 g/mol. The molecule has 0 aliphatic carbocycles. The summed E-state index contributed by atoms with van der Waals surface area (Å²) < 4.78 is 66.4. The number of aryl methyl sites for hydroxylation is 1. The fraction of sp³-hybridized carbons (Fsp3) is 0.200. The summed E-state index contributed by atoms with van der Waals surface area (Å²) in [6.45, 7) is 4.56. The second kappa shape index (κ2) is 12.4. The van der Waals surface area contributed by atoms with Gasteiger partial charge in [0.05, 0.1) is 17.9 Å². The van der Waals surface area contributed by atoms with Crippen molar-refractivity contribution in [3.05, 3.63) is 94.5 Å². The predicted molar refractivity (Wildman–Crippen MR) is 153 cm³/mol. The summed E-state index contributed by atoms with van der Waals surface area (Å²) in [4.78, 5) is 21.8. The highest BCUT2D eigenvalue weighted by molar-refractivity contribution is 6.29. The van der Waals surface area contributed by atoms with Crippen molar-refractivity contribution in [2.45, 2.75) is 20.0 Å². The minimum absolute atomic E-state index is 0.0614. The molecule has 8 nitrogen and oxygen atoms in total. The molecular formula is C30H24ClF4N5O3. The molecule has 0 spiro atoms. The van der Waals surface area contributed by atoms with Crippen LogP contribution in [0, 0.1) is 12.7 Å². The maximum atomic E-state index is 14.2. The van der Waals surface area contributed by atoms with Crippen LogP contribution >= 0.6 is 11.6 Å². The van der Waals surface area contributed by atoms with E-state index in [-0.39, 0.29) is 23.1 Å². The minimum Gasteiger partial charge on any atom is -0.487 e. The second-order valence-electron chi connectivity index (χ2n) is 9.35. The summed E-state index contributed by atoms with van der Waals surface area (Å²) in [7, 11) is 0. The van der Waals surface area contributed by atoms with Gasteiger partial charge >= 0.3 is 6.18 Å². The lowest BCUT2D eigenvalue weighted by molar-refractivity contribution is -0.137. The van der Waals surface area contributed by atoms with Gasteiger partial charge in [0, 0.05) is 35.6 Å². The highest BCUT2D eigenvalue weighted by atomic mass is 35.5. The number of imidazole rings is 1. The first kappa shape index (κ1) is 29.9. The number of aromatic nitrogens is 4. The Morgan fingerprint density at radius 2 is 1.86 bits per heavy atom. The van der Waals surface area contributed by atoms with Crippen molar-refractivity contribution in [3.63, 3.8) is 0 Å². The Balaban J connectivity index is 1.59. The van der Waals surface area contributed by atoms with Crippen LogP contribution in [0.1, 0.15) is 28.4 Å².